The normalized spacial score (nSPS) is 11.9. The second kappa shape index (κ2) is 8.25. The third-order valence-corrected chi connectivity index (χ3v) is 5.75. The van der Waals surface area contributed by atoms with Crippen LogP contribution in [0.2, 0.25) is 0 Å². The van der Waals surface area contributed by atoms with E-state index in [1.165, 1.54) is 12.1 Å². The van der Waals surface area contributed by atoms with Crippen LogP contribution in [0.15, 0.2) is 41.3 Å². The van der Waals surface area contributed by atoms with Crippen molar-refractivity contribution >= 4 is 37.3 Å². The maximum absolute atomic E-state index is 14.1. The lowest BCUT2D eigenvalue weighted by molar-refractivity contribution is 0.102. The van der Waals surface area contributed by atoms with Gasteiger partial charge in [-0.25, -0.2) is 25.9 Å². The molecule has 0 saturated heterocycles. The molecule has 2 aromatic carbocycles. The largest absolute Gasteiger partial charge is 0.322 e. The van der Waals surface area contributed by atoms with E-state index >= 15 is 0 Å². The number of carbonyl (C=O) groups is 1. The van der Waals surface area contributed by atoms with E-state index in [9.17, 15) is 26.0 Å². The van der Waals surface area contributed by atoms with Crippen molar-refractivity contribution in [2.24, 2.45) is 0 Å². The highest BCUT2D eigenvalue weighted by atomic mass is 32.2. The van der Waals surface area contributed by atoms with Gasteiger partial charge >= 0.3 is 0 Å². The van der Waals surface area contributed by atoms with E-state index in [0.29, 0.717) is 5.56 Å². The Morgan fingerprint density at radius 3 is 2.36 bits per heavy atom. The summed E-state index contributed by atoms with van der Waals surface area (Å²) in [7, 11) is -7.39. The number of carbonyl (C=O) groups excluding carboxylic acids is 1. The topological polar surface area (TPSA) is 121 Å². The summed E-state index contributed by atoms with van der Waals surface area (Å²) in [5, 5.41) is 2.43. The Kier molecular flexibility index (Phi) is 6.42. The quantitative estimate of drug-likeness (QED) is 0.622. The summed E-state index contributed by atoms with van der Waals surface area (Å²) >= 11 is 0. The summed E-state index contributed by atoms with van der Waals surface area (Å²) in [4.78, 5) is 12.2. The fraction of sp³-hybridized carbons (Fsp3) is 0.235. The standard InChI is InChI=1S/C17H20FN3O5S2/c1-4-19-28(25,26)13-7-8-15(18)14(10-13)17(22)20-12-6-5-11(2)16(9-12)21-27(3,23)24/h5-10,19,21H,4H2,1-3H3,(H,20,22). The molecule has 0 fully saturated rings. The van der Waals surface area contributed by atoms with Crippen LogP contribution in [0, 0.1) is 12.7 Å². The van der Waals surface area contributed by atoms with Gasteiger partial charge in [-0.3, -0.25) is 9.52 Å². The molecule has 3 N–H and O–H groups in total. The van der Waals surface area contributed by atoms with Crippen LogP contribution in [-0.4, -0.2) is 35.5 Å². The zero-order valence-corrected chi connectivity index (χ0v) is 17.0. The van der Waals surface area contributed by atoms with Crippen LogP contribution in [0.5, 0.6) is 0 Å². The van der Waals surface area contributed by atoms with Crippen LogP contribution >= 0.6 is 0 Å². The Labute approximate surface area is 163 Å². The average molecular weight is 429 g/mol. The molecule has 152 valence electrons. The molecule has 0 unspecified atom stereocenters. The number of anilines is 2. The number of hydrogen-bond acceptors (Lipinski definition) is 5. The van der Waals surface area contributed by atoms with Gasteiger partial charge in [0.05, 0.1) is 22.4 Å². The maximum atomic E-state index is 14.1. The zero-order chi connectivity index (χ0) is 21.1. The van der Waals surface area contributed by atoms with Crippen LogP contribution in [0.4, 0.5) is 15.8 Å². The van der Waals surface area contributed by atoms with E-state index in [4.69, 9.17) is 0 Å². The van der Waals surface area contributed by atoms with E-state index < -0.39 is 37.3 Å². The molecule has 0 heterocycles. The Hall–Kier alpha value is -2.50. The predicted octanol–water partition coefficient (Wildman–Crippen LogP) is 2.06. The molecule has 0 aliphatic heterocycles. The summed E-state index contributed by atoms with van der Waals surface area (Å²) in [5.41, 5.74) is 0.621. The van der Waals surface area contributed by atoms with Gasteiger partial charge in [0.25, 0.3) is 5.91 Å². The van der Waals surface area contributed by atoms with Gasteiger partial charge in [-0.2, -0.15) is 0 Å². The van der Waals surface area contributed by atoms with Gasteiger partial charge in [0, 0.05) is 12.2 Å². The molecule has 8 nitrogen and oxygen atoms in total. The highest BCUT2D eigenvalue weighted by Crippen LogP contribution is 2.23. The van der Waals surface area contributed by atoms with Gasteiger partial charge in [-0.15, -0.1) is 0 Å². The van der Waals surface area contributed by atoms with E-state index in [1.807, 2.05) is 0 Å². The average Bonchev–Trinajstić information content (AvgIpc) is 2.56. The van der Waals surface area contributed by atoms with Crippen molar-refractivity contribution in [2.45, 2.75) is 18.7 Å². The van der Waals surface area contributed by atoms with Crippen LogP contribution in [0.1, 0.15) is 22.8 Å². The summed E-state index contributed by atoms with van der Waals surface area (Å²) in [6.45, 7) is 3.41. The maximum Gasteiger partial charge on any atom is 0.258 e. The third kappa shape index (κ3) is 5.50. The molecule has 0 saturated carbocycles. The van der Waals surface area contributed by atoms with Crippen molar-refractivity contribution in [2.75, 3.05) is 22.8 Å². The molecular formula is C17H20FN3O5S2. The fourth-order valence-corrected chi connectivity index (χ4v) is 4.01. The Morgan fingerprint density at radius 1 is 1.07 bits per heavy atom. The van der Waals surface area contributed by atoms with Gasteiger partial charge in [-0.1, -0.05) is 13.0 Å². The van der Waals surface area contributed by atoms with E-state index in [1.54, 1.807) is 19.9 Å². The van der Waals surface area contributed by atoms with Crippen molar-refractivity contribution in [1.29, 1.82) is 0 Å². The molecule has 0 spiro atoms. The Bertz CT molecular complexity index is 1120. The van der Waals surface area contributed by atoms with Crippen molar-refractivity contribution in [1.82, 2.24) is 4.72 Å². The van der Waals surface area contributed by atoms with E-state index in [0.717, 1.165) is 24.5 Å². The van der Waals surface area contributed by atoms with Gasteiger partial charge < -0.3 is 5.32 Å². The molecule has 28 heavy (non-hydrogen) atoms. The van der Waals surface area contributed by atoms with Crippen LogP contribution < -0.4 is 14.8 Å². The van der Waals surface area contributed by atoms with Gasteiger partial charge in [0.1, 0.15) is 5.82 Å². The van der Waals surface area contributed by atoms with Gasteiger partial charge in [0.2, 0.25) is 20.0 Å². The van der Waals surface area contributed by atoms with E-state index in [2.05, 4.69) is 14.8 Å². The minimum atomic E-state index is -3.86. The van der Waals surface area contributed by atoms with Crippen molar-refractivity contribution < 1.29 is 26.0 Å². The highest BCUT2D eigenvalue weighted by Gasteiger charge is 2.19. The number of amides is 1. The van der Waals surface area contributed by atoms with Crippen LogP contribution in [0.25, 0.3) is 0 Å². The summed E-state index contributed by atoms with van der Waals surface area (Å²) < 4.78 is 65.6. The molecule has 2 aromatic rings. The number of aryl methyl sites for hydroxylation is 1. The fourth-order valence-electron chi connectivity index (χ4n) is 2.33. The molecule has 0 aliphatic carbocycles. The summed E-state index contributed by atoms with van der Waals surface area (Å²) in [6, 6.07) is 7.36. The van der Waals surface area contributed by atoms with E-state index in [-0.39, 0.29) is 22.8 Å². The Balaban J connectivity index is 2.34. The monoisotopic (exact) mass is 429 g/mol. The first-order chi connectivity index (χ1) is 12.9. The van der Waals surface area contributed by atoms with Gasteiger partial charge in [0.15, 0.2) is 0 Å². The number of nitrogens with one attached hydrogen (secondary N) is 3. The summed E-state index contributed by atoms with van der Waals surface area (Å²) in [5.74, 6) is -1.77. The SMILES string of the molecule is CCNS(=O)(=O)c1ccc(F)c(C(=O)Nc2ccc(C)c(NS(C)(=O)=O)c2)c1. The predicted molar refractivity (Wildman–Crippen MR) is 105 cm³/mol. The minimum Gasteiger partial charge on any atom is -0.322 e. The molecule has 0 radical (unpaired) electrons. The van der Waals surface area contributed by atoms with Crippen molar-refractivity contribution in [3.8, 4) is 0 Å². The molecule has 0 bridgehead atoms. The number of rotatable bonds is 7. The van der Waals surface area contributed by atoms with Crippen LogP contribution in [0.3, 0.4) is 0 Å². The minimum absolute atomic E-state index is 0.140. The third-order valence-electron chi connectivity index (χ3n) is 3.62. The first-order valence-electron chi connectivity index (χ1n) is 8.12. The molecule has 0 aliphatic rings. The van der Waals surface area contributed by atoms with Crippen molar-refractivity contribution in [3.63, 3.8) is 0 Å². The lowest BCUT2D eigenvalue weighted by Crippen LogP contribution is -2.24. The highest BCUT2D eigenvalue weighted by molar-refractivity contribution is 7.92. The second-order valence-electron chi connectivity index (χ2n) is 6.00. The molecular weight excluding hydrogens is 409 g/mol. The smallest absolute Gasteiger partial charge is 0.258 e. The zero-order valence-electron chi connectivity index (χ0n) is 15.4. The summed E-state index contributed by atoms with van der Waals surface area (Å²) in [6.07, 6.45) is 0.989. The lowest BCUT2D eigenvalue weighted by Gasteiger charge is -2.12. The lowest BCUT2D eigenvalue weighted by atomic mass is 10.1. The molecule has 0 aromatic heterocycles. The second-order valence-corrected chi connectivity index (χ2v) is 9.52. The molecule has 0 atom stereocenters. The number of halogens is 1. The molecule has 1 amide bonds. The van der Waals surface area contributed by atoms with Gasteiger partial charge in [-0.05, 0) is 42.8 Å². The molecule has 2 rings (SSSR count). The molecule has 11 heteroatoms. The first-order valence-corrected chi connectivity index (χ1v) is 11.5. The number of sulfonamides is 2. The first kappa shape index (κ1) is 21.8. The number of benzene rings is 2. The van der Waals surface area contributed by atoms with Crippen molar-refractivity contribution in [3.05, 3.63) is 53.3 Å². The number of hydrogen-bond donors (Lipinski definition) is 3. The van der Waals surface area contributed by atoms with Crippen LogP contribution in [-0.2, 0) is 20.0 Å². The Morgan fingerprint density at radius 2 is 1.75 bits per heavy atom.